The third-order valence-corrected chi connectivity index (χ3v) is 12.0. The van der Waals surface area contributed by atoms with Gasteiger partial charge in [-0.25, -0.2) is 0 Å². The van der Waals surface area contributed by atoms with Crippen molar-refractivity contribution in [2.24, 2.45) is 0 Å². The van der Waals surface area contributed by atoms with E-state index in [0.29, 0.717) is 0 Å². The van der Waals surface area contributed by atoms with Crippen LogP contribution in [0.3, 0.4) is 0 Å². The standard InChI is InChI=1S/C54H40N2/c1-33-11-19-37(20-12-33)55(38-21-13-34(2)14-22-38)51-29-27-43-49-32-48-42-8-6-10-46-52(56(39-23-15-35(3)16-24-39)40-25-17-36(4)18-26-40)30-28-44(54(42)46)50(48)31-47(49)41-7-5-9-45(51)53(41)43/h5-32H,1-4H3. The molecule has 0 bridgehead atoms. The molecule has 0 amide bonds. The number of nitrogens with zero attached hydrogens (tertiary/aromatic N) is 2. The van der Waals surface area contributed by atoms with Crippen molar-refractivity contribution in [1.29, 1.82) is 0 Å². The average molecular weight is 717 g/mol. The highest BCUT2D eigenvalue weighted by Crippen LogP contribution is 2.50. The van der Waals surface area contributed by atoms with Crippen LogP contribution in [0.2, 0.25) is 0 Å². The van der Waals surface area contributed by atoms with Crippen LogP contribution in [0.1, 0.15) is 22.3 Å². The molecule has 11 rings (SSSR count). The van der Waals surface area contributed by atoms with E-state index in [9.17, 15) is 0 Å². The van der Waals surface area contributed by atoms with Gasteiger partial charge in [0.1, 0.15) is 0 Å². The van der Waals surface area contributed by atoms with Crippen LogP contribution >= 0.6 is 0 Å². The summed E-state index contributed by atoms with van der Waals surface area (Å²) < 4.78 is 0. The van der Waals surface area contributed by atoms with Crippen molar-refractivity contribution in [3.63, 3.8) is 0 Å². The maximum atomic E-state index is 2.48. The molecular weight excluding hydrogens is 677 g/mol. The van der Waals surface area contributed by atoms with Gasteiger partial charge in [-0.05, 0) is 154 Å². The van der Waals surface area contributed by atoms with E-state index >= 15 is 0 Å². The molecule has 0 heterocycles. The van der Waals surface area contributed by atoms with Crippen molar-refractivity contribution in [2.75, 3.05) is 9.80 Å². The summed E-state index contributed by atoms with van der Waals surface area (Å²) >= 11 is 0. The molecule has 0 aliphatic carbocycles. The maximum Gasteiger partial charge on any atom is 0.0540 e. The van der Waals surface area contributed by atoms with E-state index < -0.39 is 0 Å². The molecule has 0 unspecified atom stereocenters. The molecule has 2 nitrogen and oxygen atoms in total. The topological polar surface area (TPSA) is 6.48 Å². The van der Waals surface area contributed by atoms with Crippen molar-refractivity contribution in [3.8, 4) is 0 Å². The number of hydrogen-bond donors (Lipinski definition) is 0. The van der Waals surface area contributed by atoms with Crippen LogP contribution in [0.4, 0.5) is 34.1 Å². The van der Waals surface area contributed by atoms with E-state index in [1.165, 1.54) is 98.3 Å². The van der Waals surface area contributed by atoms with Gasteiger partial charge in [0, 0.05) is 33.5 Å². The lowest BCUT2D eigenvalue weighted by Gasteiger charge is -2.27. The first-order valence-corrected chi connectivity index (χ1v) is 19.6. The quantitative estimate of drug-likeness (QED) is 0.169. The first-order valence-electron chi connectivity index (χ1n) is 19.6. The Balaban J connectivity index is 1.14. The van der Waals surface area contributed by atoms with Gasteiger partial charge in [0.05, 0.1) is 11.4 Å². The molecule has 0 saturated carbocycles. The minimum Gasteiger partial charge on any atom is -0.310 e. The predicted octanol–water partition coefficient (Wildman–Crippen LogP) is 15.7. The third-order valence-electron chi connectivity index (χ3n) is 12.0. The largest absolute Gasteiger partial charge is 0.310 e. The molecule has 0 aromatic heterocycles. The molecule has 0 atom stereocenters. The summed E-state index contributed by atoms with van der Waals surface area (Å²) in [6.45, 7) is 8.60. The van der Waals surface area contributed by atoms with Crippen LogP contribution in [0, 0.1) is 27.7 Å². The second-order valence-electron chi connectivity index (χ2n) is 15.7. The van der Waals surface area contributed by atoms with Crippen molar-refractivity contribution < 1.29 is 0 Å². The van der Waals surface area contributed by atoms with E-state index in [-0.39, 0.29) is 0 Å². The van der Waals surface area contributed by atoms with E-state index in [1.54, 1.807) is 0 Å². The highest BCUT2D eigenvalue weighted by Gasteiger charge is 2.23. The molecule has 56 heavy (non-hydrogen) atoms. The van der Waals surface area contributed by atoms with E-state index in [2.05, 4.69) is 207 Å². The normalized spacial score (nSPS) is 11.9. The minimum atomic E-state index is 1.15. The number of benzene rings is 9. The highest BCUT2D eigenvalue weighted by molar-refractivity contribution is 6.38. The Hall–Kier alpha value is -6.90. The molecule has 2 heteroatoms. The third kappa shape index (κ3) is 4.89. The molecule has 0 radical (unpaired) electrons. The van der Waals surface area contributed by atoms with Gasteiger partial charge in [-0.2, -0.15) is 0 Å². The molecule has 0 aliphatic heterocycles. The van der Waals surface area contributed by atoms with Gasteiger partial charge >= 0.3 is 0 Å². The lowest BCUT2D eigenvalue weighted by atomic mass is 10.0. The zero-order valence-corrected chi connectivity index (χ0v) is 32.1. The molecule has 0 saturated heterocycles. The number of aryl methyl sites for hydroxylation is 4. The Morgan fingerprint density at radius 3 is 0.821 bits per heavy atom. The molecular formula is C54H40N2. The summed E-state index contributed by atoms with van der Waals surface area (Å²) in [5.74, 6) is 0. The van der Waals surface area contributed by atoms with Gasteiger partial charge in [-0.3, -0.25) is 0 Å². The van der Waals surface area contributed by atoms with Gasteiger partial charge in [-0.15, -0.1) is 0 Å². The molecule has 0 fully saturated rings. The highest BCUT2D eigenvalue weighted by atomic mass is 15.1. The van der Waals surface area contributed by atoms with Gasteiger partial charge in [-0.1, -0.05) is 119 Å². The molecule has 0 aliphatic rings. The van der Waals surface area contributed by atoms with E-state index in [0.717, 1.165) is 22.7 Å². The average Bonchev–Trinajstić information content (AvgIpc) is 3.71. The van der Waals surface area contributed by atoms with Crippen LogP contribution in [-0.4, -0.2) is 0 Å². The Bertz CT molecular complexity index is 2890. The fourth-order valence-corrected chi connectivity index (χ4v) is 9.19. The maximum absolute atomic E-state index is 2.48. The van der Waals surface area contributed by atoms with Crippen molar-refractivity contribution in [1.82, 2.24) is 0 Å². The Kier molecular flexibility index (Phi) is 7.15. The van der Waals surface area contributed by atoms with Crippen LogP contribution < -0.4 is 9.80 Å². The first kappa shape index (κ1) is 32.5. The summed E-state index contributed by atoms with van der Waals surface area (Å²) in [7, 11) is 0. The molecule has 11 aromatic carbocycles. The minimum absolute atomic E-state index is 1.15. The Morgan fingerprint density at radius 1 is 0.250 bits per heavy atom. The van der Waals surface area contributed by atoms with Gasteiger partial charge in [0.25, 0.3) is 0 Å². The summed E-state index contributed by atoms with van der Waals surface area (Å²) in [4.78, 5) is 4.82. The predicted molar refractivity (Wildman–Crippen MR) is 242 cm³/mol. The van der Waals surface area contributed by atoms with Gasteiger partial charge in [0.15, 0.2) is 0 Å². The first-order chi connectivity index (χ1) is 27.4. The van der Waals surface area contributed by atoms with Crippen LogP contribution in [-0.2, 0) is 0 Å². The smallest absolute Gasteiger partial charge is 0.0540 e. The van der Waals surface area contributed by atoms with Gasteiger partial charge in [0.2, 0.25) is 0 Å². The number of rotatable bonds is 6. The zero-order chi connectivity index (χ0) is 37.7. The fraction of sp³-hybridized carbons (Fsp3) is 0.0741. The Labute approximate surface area is 327 Å². The van der Waals surface area contributed by atoms with E-state index in [4.69, 9.17) is 0 Å². The Morgan fingerprint density at radius 2 is 0.518 bits per heavy atom. The fourth-order valence-electron chi connectivity index (χ4n) is 9.19. The second-order valence-corrected chi connectivity index (χ2v) is 15.7. The summed E-state index contributed by atoms with van der Waals surface area (Å²) in [5.41, 5.74) is 12.0. The molecule has 11 aromatic rings. The van der Waals surface area contributed by atoms with Crippen LogP contribution in [0.25, 0.3) is 64.6 Å². The van der Waals surface area contributed by atoms with Gasteiger partial charge < -0.3 is 9.80 Å². The lowest BCUT2D eigenvalue weighted by Crippen LogP contribution is -2.10. The van der Waals surface area contributed by atoms with Crippen molar-refractivity contribution >= 4 is 98.8 Å². The van der Waals surface area contributed by atoms with E-state index in [1.807, 2.05) is 0 Å². The number of hydrogen-bond acceptors (Lipinski definition) is 2. The monoisotopic (exact) mass is 716 g/mol. The summed E-state index contributed by atoms with van der Waals surface area (Å²) in [5, 5.41) is 15.6. The van der Waals surface area contributed by atoms with Crippen molar-refractivity contribution in [3.05, 3.63) is 192 Å². The van der Waals surface area contributed by atoms with Crippen LogP contribution in [0.5, 0.6) is 0 Å². The summed E-state index contributed by atoms with van der Waals surface area (Å²) in [6, 6.07) is 63.6. The molecule has 0 N–H and O–H groups in total. The lowest BCUT2D eigenvalue weighted by molar-refractivity contribution is 1.28. The number of fused-ring (bicyclic) bond motifs is 6. The number of anilines is 6. The second kappa shape index (κ2) is 12.3. The molecule has 266 valence electrons. The van der Waals surface area contributed by atoms with Crippen molar-refractivity contribution in [2.45, 2.75) is 27.7 Å². The molecule has 0 spiro atoms. The summed E-state index contributed by atoms with van der Waals surface area (Å²) in [6.07, 6.45) is 0. The van der Waals surface area contributed by atoms with Crippen LogP contribution in [0.15, 0.2) is 170 Å². The SMILES string of the molecule is Cc1ccc(N(c2ccc(C)cc2)c2ccc3c4cc5c(cc4c4cccc2c43)c2ccc(N(c3ccc(C)cc3)c3ccc(C)cc3)c3cccc5c32)cc1. The zero-order valence-electron chi connectivity index (χ0n) is 32.1.